The Kier molecular flexibility index (Phi) is 6.12. The van der Waals surface area contributed by atoms with Crippen LogP contribution in [0.2, 0.25) is 0 Å². The average Bonchev–Trinajstić information content (AvgIpc) is 3.51. The van der Waals surface area contributed by atoms with E-state index in [1.54, 1.807) is 14.2 Å². The Labute approximate surface area is 154 Å². The van der Waals surface area contributed by atoms with Crippen LogP contribution in [0, 0.1) is 0 Å². The summed E-state index contributed by atoms with van der Waals surface area (Å²) in [6.45, 7) is 1.61. The molecule has 0 unspecified atom stereocenters. The van der Waals surface area contributed by atoms with E-state index in [9.17, 15) is 4.79 Å². The summed E-state index contributed by atoms with van der Waals surface area (Å²) in [5.41, 5.74) is 1.95. The molecule has 0 heterocycles. The molecule has 5 heteroatoms. The van der Waals surface area contributed by atoms with E-state index in [0.29, 0.717) is 23.9 Å². The van der Waals surface area contributed by atoms with Gasteiger partial charge in [-0.05, 0) is 42.7 Å². The second-order valence-corrected chi connectivity index (χ2v) is 6.55. The second-order valence-electron chi connectivity index (χ2n) is 6.55. The molecule has 0 atom stereocenters. The zero-order valence-corrected chi connectivity index (χ0v) is 15.4. The number of amides is 1. The number of rotatable bonds is 9. The quantitative estimate of drug-likeness (QED) is 0.746. The Balaban J connectivity index is 1.54. The van der Waals surface area contributed by atoms with E-state index < -0.39 is 0 Å². The highest BCUT2D eigenvalue weighted by atomic mass is 16.5. The van der Waals surface area contributed by atoms with Gasteiger partial charge < -0.3 is 14.8 Å². The third-order valence-electron chi connectivity index (χ3n) is 4.62. The van der Waals surface area contributed by atoms with Gasteiger partial charge in [0.15, 0.2) is 0 Å². The molecule has 1 aliphatic rings. The maximum Gasteiger partial charge on any atom is 0.225 e. The molecule has 0 radical (unpaired) electrons. The van der Waals surface area contributed by atoms with Crippen molar-refractivity contribution in [3.05, 3.63) is 54.1 Å². The zero-order chi connectivity index (χ0) is 18.4. The fourth-order valence-corrected chi connectivity index (χ4v) is 3.00. The summed E-state index contributed by atoms with van der Waals surface area (Å²) in [6.07, 6.45) is 2.89. The summed E-state index contributed by atoms with van der Waals surface area (Å²) < 4.78 is 10.5. The van der Waals surface area contributed by atoms with Crippen molar-refractivity contribution in [3.63, 3.8) is 0 Å². The number of nitrogens with zero attached hydrogens (tertiary/aromatic N) is 1. The van der Waals surface area contributed by atoms with Gasteiger partial charge in [-0.1, -0.05) is 24.3 Å². The minimum Gasteiger partial charge on any atom is -0.497 e. The van der Waals surface area contributed by atoms with Crippen molar-refractivity contribution in [1.29, 1.82) is 0 Å². The van der Waals surface area contributed by atoms with Crippen molar-refractivity contribution in [2.75, 3.05) is 26.1 Å². The van der Waals surface area contributed by atoms with Crippen molar-refractivity contribution in [2.24, 2.45) is 0 Å². The van der Waals surface area contributed by atoms with Crippen LogP contribution < -0.4 is 14.8 Å². The van der Waals surface area contributed by atoms with Gasteiger partial charge in [0.1, 0.15) is 11.5 Å². The van der Waals surface area contributed by atoms with Crippen LogP contribution in [0.3, 0.4) is 0 Å². The smallest absolute Gasteiger partial charge is 0.225 e. The van der Waals surface area contributed by atoms with Gasteiger partial charge in [-0.15, -0.1) is 0 Å². The van der Waals surface area contributed by atoms with E-state index in [1.165, 1.54) is 18.4 Å². The summed E-state index contributed by atoms with van der Waals surface area (Å²) in [6, 6.07) is 16.2. The van der Waals surface area contributed by atoms with E-state index in [4.69, 9.17) is 9.47 Å². The highest BCUT2D eigenvalue weighted by Crippen LogP contribution is 2.29. The van der Waals surface area contributed by atoms with Crippen molar-refractivity contribution in [3.8, 4) is 11.5 Å². The van der Waals surface area contributed by atoms with Gasteiger partial charge in [0, 0.05) is 25.6 Å². The SMILES string of the molecule is COc1ccc(CN(CCC(=O)Nc2ccccc2OC)C2CC2)cc1. The van der Waals surface area contributed by atoms with Crippen molar-refractivity contribution < 1.29 is 14.3 Å². The van der Waals surface area contributed by atoms with E-state index in [0.717, 1.165) is 18.8 Å². The van der Waals surface area contributed by atoms with Crippen LogP contribution in [0.1, 0.15) is 24.8 Å². The minimum atomic E-state index is 0.00915. The Morgan fingerprint density at radius 3 is 2.46 bits per heavy atom. The lowest BCUT2D eigenvalue weighted by Gasteiger charge is -2.22. The Morgan fingerprint density at radius 2 is 1.81 bits per heavy atom. The van der Waals surface area contributed by atoms with Crippen molar-refractivity contribution in [1.82, 2.24) is 4.90 Å². The first-order valence-corrected chi connectivity index (χ1v) is 8.99. The highest BCUT2D eigenvalue weighted by molar-refractivity contribution is 5.92. The Morgan fingerprint density at radius 1 is 1.08 bits per heavy atom. The molecule has 3 rings (SSSR count). The van der Waals surface area contributed by atoms with Crippen molar-refractivity contribution in [2.45, 2.75) is 31.8 Å². The van der Waals surface area contributed by atoms with Gasteiger partial charge in [0.25, 0.3) is 0 Å². The molecule has 2 aromatic rings. The second kappa shape index (κ2) is 8.72. The molecule has 138 valence electrons. The normalized spacial score (nSPS) is 13.5. The standard InChI is InChI=1S/C21H26N2O3/c1-25-18-11-7-16(8-12-18)15-23(17-9-10-17)14-13-21(24)22-19-5-3-4-6-20(19)26-2/h3-8,11-12,17H,9-10,13-15H2,1-2H3,(H,22,24). The average molecular weight is 354 g/mol. The van der Waals surface area contributed by atoms with Gasteiger partial charge in [-0.25, -0.2) is 0 Å². The molecule has 1 aliphatic carbocycles. The van der Waals surface area contributed by atoms with Gasteiger partial charge in [0.2, 0.25) is 5.91 Å². The first-order chi connectivity index (χ1) is 12.7. The molecule has 26 heavy (non-hydrogen) atoms. The lowest BCUT2D eigenvalue weighted by molar-refractivity contribution is -0.116. The maximum absolute atomic E-state index is 12.4. The number of nitrogens with one attached hydrogen (secondary N) is 1. The van der Waals surface area contributed by atoms with E-state index in [2.05, 4.69) is 22.3 Å². The topological polar surface area (TPSA) is 50.8 Å². The Hall–Kier alpha value is -2.53. The lowest BCUT2D eigenvalue weighted by atomic mass is 10.2. The first-order valence-electron chi connectivity index (χ1n) is 8.99. The summed E-state index contributed by atoms with van der Waals surface area (Å²) in [7, 11) is 3.28. The summed E-state index contributed by atoms with van der Waals surface area (Å²) in [4.78, 5) is 14.7. The van der Waals surface area contributed by atoms with Gasteiger partial charge in [0.05, 0.1) is 19.9 Å². The number of para-hydroxylation sites is 2. The van der Waals surface area contributed by atoms with E-state index >= 15 is 0 Å². The monoisotopic (exact) mass is 354 g/mol. The summed E-state index contributed by atoms with van der Waals surface area (Å²) in [5, 5.41) is 2.95. The number of benzene rings is 2. The number of ether oxygens (including phenoxy) is 2. The molecule has 0 spiro atoms. The molecule has 0 aromatic heterocycles. The van der Waals surface area contributed by atoms with Crippen LogP contribution in [0.4, 0.5) is 5.69 Å². The summed E-state index contributed by atoms with van der Waals surface area (Å²) >= 11 is 0. The molecular formula is C21H26N2O3. The lowest BCUT2D eigenvalue weighted by Crippen LogP contribution is -2.29. The third-order valence-corrected chi connectivity index (χ3v) is 4.62. The molecule has 0 bridgehead atoms. The van der Waals surface area contributed by atoms with Crippen LogP contribution in [-0.2, 0) is 11.3 Å². The number of methoxy groups -OCH3 is 2. The van der Waals surface area contributed by atoms with Crippen LogP contribution in [-0.4, -0.2) is 37.6 Å². The molecule has 5 nitrogen and oxygen atoms in total. The van der Waals surface area contributed by atoms with Crippen LogP contribution in [0.5, 0.6) is 11.5 Å². The summed E-state index contributed by atoms with van der Waals surface area (Å²) in [5.74, 6) is 1.55. The van der Waals surface area contributed by atoms with Crippen LogP contribution in [0.15, 0.2) is 48.5 Å². The van der Waals surface area contributed by atoms with Gasteiger partial charge in [-0.3, -0.25) is 9.69 Å². The molecule has 1 fully saturated rings. The zero-order valence-electron chi connectivity index (χ0n) is 15.4. The number of hydrogen-bond donors (Lipinski definition) is 1. The molecule has 1 saturated carbocycles. The molecule has 0 saturated heterocycles. The van der Waals surface area contributed by atoms with E-state index in [-0.39, 0.29) is 5.91 Å². The molecule has 2 aromatic carbocycles. The minimum absolute atomic E-state index is 0.00915. The van der Waals surface area contributed by atoms with Crippen molar-refractivity contribution >= 4 is 11.6 Å². The maximum atomic E-state index is 12.4. The number of anilines is 1. The predicted molar refractivity (Wildman–Crippen MR) is 103 cm³/mol. The number of hydrogen-bond acceptors (Lipinski definition) is 4. The van der Waals surface area contributed by atoms with Gasteiger partial charge in [-0.2, -0.15) is 0 Å². The molecular weight excluding hydrogens is 328 g/mol. The first kappa shape index (κ1) is 18.3. The number of carbonyl (C=O) groups is 1. The van der Waals surface area contributed by atoms with Crippen LogP contribution >= 0.6 is 0 Å². The van der Waals surface area contributed by atoms with E-state index in [1.807, 2.05) is 36.4 Å². The Bertz CT molecular complexity index is 726. The largest absolute Gasteiger partial charge is 0.497 e. The van der Waals surface area contributed by atoms with Crippen LogP contribution in [0.25, 0.3) is 0 Å². The number of carbonyl (C=O) groups excluding carboxylic acids is 1. The predicted octanol–water partition coefficient (Wildman–Crippen LogP) is 3.70. The third kappa shape index (κ3) is 4.99. The fraction of sp³-hybridized carbons (Fsp3) is 0.381. The molecule has 0 aliphatic heterocycles. The molecule has 1 amide bonds. The molecule has 1 N–H and O–H groups in total. The highest BCUT2D eigenvalue weighted by Gasteiger charge is 2.29. The van der Waals surface area contributed by atoms with Gasteiger partial charge >= 0.3 is 0 Å². The fourth-order valence-electron chi connectivity index (χ4n) is 3.00.